The molecular weight excluding hydrogens is 374 g/mol. The normalized spacial score (nSPS) is 19.0. The molecule has 1 aromatic heterocycles. The summed E-state index contributed by atoms with van der Waals surface area (Å²) in [7, 11) is 0. The second-order valence-corrected chi connectivity index (χ2v) is 8.39. The highest BCUT2D eigenvalue weighted by atomic mass is 16.2. The van der Waals surface area contributed by atoms with E-state index in [4.69, 9.17) is 0 Å². The third-order valence-electron chi connectivity index (χ3n) is 6.61. The zero-order valence-electron chi connectivity index (χ0n) is 17.1. The van der Waals surface area contributed by atoms with Crippen LogP contribution in [0.2, 0.25) is 0 Å². The first-order chi connectivity index (χ1) is 14.7. The molecule has 1 fully saturated rings. The maximum Gasteiger partial charge on any atom is 0.230 e. The molecule has 2 aliphatic rings. The SMILES string of the molecule is O=C(Cc1c[nH]c2ccccc12)N1CCCN(C(=O)C2CCc3ccccc32)CC1. The quantitative estimate of drug-likeness (QED) is 0.730. The van der Waals surface area contributed by atoms with Gasteiger partial charge in [-0.05, 0) is 42.0 Å². The maximum atomic E-state index is 13.2. The van der Waals surface area contributed by atoms with Crippen LogP contribution >= 0.6 is 0 Å². The Morgan fingerprint density at radius 2 is 1.70 bits per heavy atom. The van der Waals surface area contributed by atoms with Gasteiger partial charge in [0.15, 0.2) is 0 Å². The minimum Gasteiger partial charge on any atom is -0.361 e. The molecule has 0 spiro atoms. The number of para-hydroxylation sites is 1. The van der Waals surface area contributed by atoms with Gasteiger partial charge in [-0.15, -0.1) is 0 Å². The van der Waals surface area contributed by atoms with Crippen molar-refractivity contribution in [2.45, 2.75) is 31.6 Å². The summed E-state index contributed by atoms with van der Waals surface area (Å²) in [4.78, 5) is 33.3. The fraction of sp³-hybridized carbons (Fsp3) is 0.360. The van der Waals surface area contributed by atoms with Crippen LogP contribution in [0.1, 0.15) is 35.4 Å². The van der Waals surface area contributed by atoms with Crippen molar-refractivity contribution in [1.29, 1.82) is 0 Å². The van der Waals surface area contributed by atoms with Crippen LogP contribution in [0.3, 0.4) is 0 Å². The Bertz CT molecular complexity index is 1090. The molecule has 5 nitrogen and oxygen atoms in total. The second-order valence-electron chi connectivity index (χ2n) is 8.39. The van der Waals surface area contributed by atoms with Crippen molar-refractivity contribution in [1.82, 2.24) is 14.8 Å². The molecule has 1 saturated heterocycles. The van der Waals surface area contributed by atoms with Crippen molar-refractivity contribution in [2.24, 2.45) is 0 Å². The third-order valence-corrected chi connectivity index (χ3v) is 6.61. The van der Waals surface area contributed by atoms with Gasteiger partial charge in [0.25, 0.3) is 0 Å². The van der Waals surface area contributed by atoms with Gasteiger partial charge in [-0.3, -0.25) is 9.59 Å². The lowest BCUT2D eigenvalue weighted by atomic mass is 10.00. The first-order valence-corrected chi connectivity index (χ1v) is 10.9. The zero-order chi connectivity index (χ0) is 20.5. The average Bonchev–Trinajstić information content (AvgIpc) is 3.29. The Hall–Kier alpha value is -3.08. The van der Waals surface area contributed by atoms with E-state index in [9.17, 15) is 9.59 Å². The number of amides is 2. The van der Waals surface area contributed by atoms with Crippen LogP contribution in [0.25, 0.3) is 10.9 Å². The predicted octanol–water partition coefficient (Wildman–Crippen LogP) is 3.50. The first kappa shape index (κ1) is 18.9. The fourth-order valence-electron chi connectivity index (χ4n) is 4.97. The standard InChI is InChI=1S/C25H27N3O2/c29-24(16-19-17-26-23-9-4-3-8-21(19)23)27-12-5-13-28(15-14-27)25(30)22-11-10-18-6-1-2-7-20(18)22/h1-4,6-9,17,22,26H,5,10-16H2. The number of aromatic amines is 1. The topological polar surface area (TPSA) is 56.4 Å². The van der Waals surface area contributed by atoms with Gasteiger partial charge in [-0.1, -0.05) is 42.5 Å². The summed E-state index contributed by atoms with van der Waals surface area (Å²) in [5.41, 5.74) is 4.60. The molecule has 5 heteroatoms. The van der Waals surface area contributed by atoms with Crippen LogP contribution in [0.5, 0.6) is 0 Å². The second kappa shape index (κ2) is 7.98. The number of carbonyl (C=O) groups excluding carboxylic acids is 2. The number of hydrogen-bond donors (Lipinski definition) is 1. The Morgan fingerprint density at radius 3 is 2.63 bits per heavy atom. The number of nitrogens with one attached hydrogen (secondary N) is 1. The van der Waals surface area contributed by atoms with E-state index in [2.05, 4.69) is 29.2 Å². The molecule has 1 N–H and O–H groups in total. The number of benzene rings is 2. The van der Waals surface area contributed by atoms with Crippen LogP contribution in [0.4, 0.5) is 0 Å². The number of hydrogen-bond acceptors (Lipinski definition) is 2. The van der Waals surface area contributed by atoms with Crippen molar-refractivity contribution < 1.29 is 9.59 Å². The number of rotatable bonds is 3. The number of aryl methyl sites for hydroxylation is 1. The smallest absolute Gasteiger partial charge is 0.230 e. The molecule has 1 aliphatic heterocycles. The average molecular weight is 402 g/mol. The molecule has 0 radical (unpaired) electrons. The minimum atomic E-state index is -0.0188. The third kappa shape index (κ3) is 3.49. The fourth-order valence-corrected chi connectivity index (χ4v) is 4.97. The van der Waals surface area contributed by atoms with E-state index >= 15 is 0 Å². The highest BCUT2D eigenvalue weighted by Gasteiger charge is 2.32. The summed E-state index contributed by atoms with van der Waals surface area (Å²) in [5, 5.41) is 1.11. The number of fused-ring (bicyclic) bond motifs is 2. The highest BCUT2D eigenvalue weighted by molar-refractivity contribution is 5.89. The number of aromatic nitrogens is 1. The van der Waals surface area contributed by atoms with E-state index in [-0.39, 0.29) is 17.7 Å². The summed E-state index contributed by atoms with van der Waals surface area (Å²) in [5.74, 6) is 0.348. The highest BCUT2D eigenvalue weighted by Crippen LogP contribution is 2.34. The molecule has 0 bridgehead atoms. The Morgan fingerprint density at radius 1 is 0.933 bits per heavy atom. The van der Waals surface area contributed by atoms with Gasteiger partial charge in [0.1, 0.15) is 0 Å². The van der Waals surface area contributed by atoms with Gasteiger partial charge >= 0.3 is 0 Å². The monoisotopic (exact) mass is 401 g/mol. The predicted molar refractivity (Wildman–Crippen MR) is 117 cm³/mol. The lowest BCUT2D eigenvalue weighted by Gasteiger charge is -2.25. The van der Waals surface area contributed by atoms with Gasteiger partial charge in [-0.2, -0.15) is 0 Å². The summed E-state index contributed by atoms with van der Waals surface area (Å²) in [6.07, 6.45) is 5.05. The maximum absolute atomic E-state index is 13.2. The van der Waals surface area contributed by atoms with E-state index in [0.29, 0.717) is 26.1 Å². The van der Waals surface area contributed by atoms with Crippen LogP contribution < -0.4 is 0 Å². The van der Waals surface area contributed by atoms with E-state index in [1.54, 1.807) is 0 Å². The largest absolute Gasteiger partial charge is 0.361 e. The van der Waals surface area contributed by atoms with Crippen molar-refractivity contribution in [3.63, 3.8) is 0 Å². The summed E-state index contributed by atoms with van der Waals surface area (Å²) in [6, 6.07) is 16.4. The molecule has 1 atom stereocenters. The van der Waals surface area contributed by atoms with Crippen LogP contribution in [-0.2, 0) is 22.4 Å². The molecule has 30 heavy (non-hydrogen) atoms. The van der Waals surface area contributed by atoms with E-state index in [1.807, 2.05) is 40.3 Å². The van der Waals surface area contributed by atoms with Crippen LogP contribution in [-0.4, -0.2) is 52.8 Å². The first-order valence-electron chi connectivity index (χ1n) is 10.9. The Balaban J connectivity index is 1.23. The van der Waals surface area contributed by atoms with Crippen molar-refractivity contribution in [3.8, 4) is 0 Å². The molecule has 2 aromatic carbocycles. The zero-order valence-corrected chi connectivity index (χ0v) is 17.1. The lowest BCUT2D eigenvalue weighted by molar-refractivity contribution is -0.134. The van der Waals surface area contributed by atoms with Gasteiger partial charge < -0.3 is 14.8 Å². The molecule has 3 aromatic rings. The van der Waals surface area contributed by atoms with Gasteiger partial charge in [0.05, 0.1) is 12.3 Å². The van der Waals surface area contributed by atoms with Crippen LogP contribution in [0, 0.1) is 0 Å². The van der Waals surface area contributed by atoms with Crippen molar-refractivity contribution in [3.05, 3.63) is 71.4 Å². The molecule has 2 heterocycles. The number of nitrogens with zero attached hydrogens (tertiary/aromatic N) is 2. The molecule has 2 amide bonds. The van der Waals surface area contributed by atoms with E-state index in [0.717, 1.165) is 42.3 Å². The van der Waals surface area contributed by atoms with E-state index in [1.165, 1.54) is 11.1 Å². The lowest BCUT2D eigenvalue weighted by Crippen LogP contribution is -2.39. The van der Waals surface area contributed by atoms with E-state index < -0.39 is 0 Å². The van der Waals surface area contributed by atoms with Gasteiger partial charge in [0.2, 0.25) is 11.8 Å². The summed E-state index contributed by atoms with van der Waals surface area (Å²) in [6.45, 7) is 2.68. The molecule has 154 valence electrons. The van der Waals surface area contributed by atoms with Gasteiger partial charge in [-0.25, -0.2) is 0 Å². The Labute approximate surface area is 176 Å². The number of carbonyl (C=O) groups is 2. The molecular formula is C25H27N3O2. The molecule has 1 unspecified atom stereocenters. The Kier molecular flexibility index (Phi) is 5.03. The summed E-state index contributed by atoms with van der Waals surface area (Å²) >= 11 is 0. The van der Waals surface area contributed by atoms with Crippen molar-refractivity contribution in [2.75, 3.05) is 26.2 Å². The van der Waals surface area contributed by atoms with Crippen molar-refractivity contribution >= 4 is 22.7 Å². The number of H-pyrrole nitrogens is 1. The minimum absolute atomic E-state index is 0.0188. The van der Waals surface area contributed by atoms with Gasteiger partial charge in [0, 0.05) is 43.3 Å². The molecule has 0 saturated carbocycles. The molecule has 5 rings (SSSR count). The van der Waals surface area contributed by atoms with Crippen LogP contribution in [0.15, 0.2) is 54.7 Å². The molecule has 1 aliphatic carbocycles. The summed E-state index contributed by atoms with van der Waals surface area (Å²) < 4.78 is 0.